The third-order valence-electron chi connectivity index (χ3n) is 2.01. The molecule has 84 valence electrons. The number of rotatable bonds is 5. The molecule has 1 aliphatic rings. The number of carboxylic acids is 1. The molecule has 0 amide bonds. The lowest BCUT2D eigenvalue weighted by molar-refractivity contribution is -0.135. The summed E-state index contributed by atoms with van der Waals surface area (Å²) >= 11 is 0. The SMILES string of the molecule is C=C(CN1CCOCC1)OC(=C)C(=O)O. The Morgan fingerprint density at radius 3 is 2.53 bits per heavy atom. The van der Waals surface area contributed by atoms with Crippen molar-refractivity contribution in [1.29, 1.82) is 0 Å². The van der Waals surface area contributed by atoms with Gasteiger partial charge in [0.05, 0.1) is 19.8 Å². The Morgan fingerprint density at radius 1 is 1.40 bits per heavy atom. The van der Waals surface area contributed by atoms with E-state index in [0.717, 1.165) is 13.1 Å². The smallest absolute Gasteiger partial charge is 0.371 e. The molecule has 0 aromatic heterocycles. The second kappa shape index (κ2) is 5.53. The Labute approximate surface area is 88.6 Å². The Hall–Kier alpha value is -1.33. The van der Waals surface area contributed by atoms with Crippen molar-refractivity contribution in [1.82, 2.24) is 4.90 Å². The van der Waals surface area contributed by atoms with Gasteiger partial charge in [-0.25, -0.2) is 4.79 Å². The van der Waals surface area contributed by atoms with Crippen LogP contribution in [0, 0.1) is 0 Å². The van der Waals surface area contributed by atoms with E-state index >= 15 is 0 Å². The minimum atomic E-state index is -1.17. The highest BCUT2D eigenvalue weighted by Crippen LogP contribution is 2.06. The molecule has 1 fully saturated rings. The molecule has 0 unspecified atom stereocenters. The lowest BCUT2D eigenvalue weighted by atomic mass is 10.4. The summed E-state index contributed by atoms with van der Waals surface area (Å²) in [5.74, 6) is -1.07. The monoisotopic (exact) mass is 213 g/mol. The largest absolute Gasteiger partial charge is 0.475 e. The van der Waals surface area contributed by atoms with Crippen LogP contribution in [0.4, 0.5) is 0 Å². The lowest BCUT2D eigenvalue weighted by Gasteiger charge is -2.26. The standard InChI is InChI=1S/C10H15NO4/c1-8(15-9(2)10(12)13)7-11-3-5-14-6-4-11/h1-7H2,(H,12,13). The molecule has 0 saturated carbocycles. The van der Waals surface area contributed by atoms with E-state index in [2.05, 4.69) is 18.1 Å². The quantitative estimate of drug-likeness (QED) is 0.530. The van der Waals surface area contributed by atoms with Crippen LogP contribution < -0.4 is 0 Å². The molecule has 0 atom stereocenters. The molecule has 1 saturated heterocycles. The van der Waals surface area contributed by atoms with Gasteiger partial charge in [-0.05, 0) is 6.58 Å². The molecule has 0 aromatic carbocycles. The van der Waals surface area contributed by atoms with E-state index in [4.69, 9.17) is 14.6 Å². The van der Waals surface area contributed by atoms with Gasteiger partial charge in [-0.2, -0.15) is 0 Å². The molecular formula is C10H15NO4. The highest BCUT2D eigenvalue weighted by Gasteiger charge is 2.13. The Kier molecular flexibility index (Phi) is 4.33. The number of ether oxygens (including phenoxy) is 2. The van der Waals surface area contributed by atoms with Crippen LogP contribution in [0.3, 0.4) is 0 Å². The third-order valence-corrected chi connectivity index (χ3v) is 2.01. The number of aliphatic carboxylic acids is 1. The number of morpholine rings is 1. The molecule has 0 spiro atoms. The molecule has 1 rings (SSSR count). The Morgan fingerprint density at radius 2 is 2.00 bits per heavy atom. The molecule has 0 bridgehead atoms. The first-order valence-electron chi connectivity index (χ1n) is 4.67. The van der Waals surface area contributed by atoms with E-state index in [9.17, 15) is 4.79 Å². The van der Waals surface area contributed by atoms with Crippen LogP contribution in [0.1, 0.15) is 0 Å². The van der Waals surface area contributed by atoms with Crippen LogP contribution in [0.5, 0.6) is 0 Å². The molecule has 0 aliphatic carbocycles. The van der Waals surface area contributed by atoms with Crippen LogP contribution in [0.25, 0.3) is 0 Å². The van der Waals surface area contributed by atoms with Gasteiger partial charge in [0.2, 0.25) is 5.76 Å². The van der Waals surface area contributed by atoms with E-state index < -0.39 is 5.97 Å². The summed E-state index contributed by atoms with van der Waals surface area (Å²) in [6.45, 7) is 10.4. The number of hydrogen-bond donors (Lipinski definition) is 1. The summed E-state index contributed by atoms with van der Waals surface area (Å²) in [5, 5.41) is 8.54. The predicted octanol–water partition coefficient (Wildman–Crippen LogP) is 0.447. The zero-order valence-electron chi connectivity index (χ0n) is 8.57. The van der Waals surface area contributed by atoms with Gasteiger partial charge in [-0.15, -0.1) is 0 Å². The minimum absolute atomic E-state index is 0.298. The van der Waals surface area contributed by atoms with E-state index in [1.165, 1.54) is 0 Å². The molecule has 5 heteroatoms. The Balaban J connectivity index is 2.28. The van der Waals surface area contributed by atoms with Crippen LogP contribution in [-0.2, 0) is 14.3 Å². The van der Waals surface area contributed by atoms with Crippen LogP contribution >= 0.6 is 0 Å². The lowest BCUT2D eigenvalue weighted by Crippen LogP contribution is -2.37. The van der Waals surface area contributed by atoms with Crippen molar-refractivity contribution in [2.45, 2.75) is 0 Å². The average molecular weight is 213 g/mol. The topological polar surface area (TPSA) is 59.0 Å². The Bertz CT molecular complexity index is 269. The summed E-state index contributed by atoms with van der Waals surface area (Å²) in [4.78, 5) is 12.5. The van der Waals surface area contributed by atoms with Gasteiger partial charge in [0.1, 0.15) is 5.76 Å². The highest BCUT2D eigenvalue weighted by atomic mass is 16.5. The zero-order chi connectivity index (χ0) is 11.3. The summed E-state index contributed by atoms with van der Waals surface area (Å²) in [7, 11) is 0. The fourth-order valence-electron chi connectivity index (χ4n) is 1.26. The fourth-order valence-corrected chi connectivity index (χ4v) is 1.26. The molecule has 1 heterocycles. The van der Waals surface area contributed by atoms with Crippen LogP contribution in [0.15, 0.2) is 24.7 Å². The van der Waals surface area contributed by atoms with Crippen LogP contribution in [0.2, 0.25) is 0 Å². The number of nitrogens with zero attached hydrogens (tertiary/aromatic N) is 1. The van der Waals surface area contributed by atoms with Gasteiger partial charge < -0.3 is 14.6 Å². The molecule has 5 nitrogen and oxygen atoms in total. The normalized spacial score (nSPS) is 17.1. The summed E-state index contributed by atoms with van der Waals surface area (Å²) in [6.07, 6.45) is 0. The van der Waals surface area contributed by atoms with Gasteiger partial charge in [0.15, 0.2) is 0 Å². The second-order valence-electron chi connectivity index (χ2n) is 3.26. The maximum Gasteiger partial charge on any atom is 0.371 e. The first-order valence-corrected chi connectivity index (χ1v) is 4.67. The van der Waals surface area contributed by atoms with Crippen molar-refractivity contribution in [2.75, 3.05) is 32.8 Å². The van der Waals surface area contributed by atoms with Crippen molar-refractivity contribution in [3.05, 3.63) is 24.7 Å². The highest BCUT2D eigenvalue weighted by molar-refractivity contribution is 5.83. The van der Waals surface area contributed by atoms with Gasteiger partial charge >= 0.3 is 5.97 Å². The summed E-state index contributed by atoms with van der Waals surface area (Å²) in [5.41, 5.74) is 0. The molecule has 0 aromatic rings. The maximum absolute atomic E-state index is 10.4. The van der Waals surface area contributed by atoms with Crippen molar-refractivity contribution in [3.8, 4) is 0 Å². The number of hydrogen-bond acceptors (Lipinski definition) is 4. The predicted molar refractivity (Wildman–Crippen MR) is 54.3 cm³/mol. The molecule has 1 aliphatic heterocycles. The average Bonchev–Trinajstić information content (AvgIpc) is 2.18. The van der Waals surface area contributed by atoms with Gasteiger partial charge in [-0.1, -0.05) is 6.58 Å². The van der Waals surface area contributed by atoms with Crippen molar-refractivity contribution in [2.24, 2.45) is 0 Å². The van der Waals surface area contributed by atoms with E-state index in [0.29, 0.717) is 25.5 Å². The van der Waals surface area contributed by atoms with Crippen molar-refractivity contribution in [3.63, 3.8) is 0 Å². The van der Waals surface area contributed by atoms with Crippen LogP contribution in [-0.4, -0.2) is 48.8 Å². The first kappa shape index (κ1) is 11.7. The molecule has 0 radical (unpaired) electrons. The summed E-state index contributed by atoms with van der Waals surface area (Å²) in [6, 6.07) is 0. The van der Waals surface area contributed by atoms with Crippen molar-refractivity contribution < 1.29 is 19.4 Å². The van der Waals surface area contributed by atoms with E-state index in [-0.39, 0.29) is 5.76 Å². The van der Waals surface area contributed by atoms with Gasteiger partial charge in [-0.3, -0.25) is 4.90 Å². The second-order valence-corrected chi connectivity index (χ2v) is 3.26. The van der Waals surface area contributed by atoms with Gasteiger partial charge in [0, 0.05) is 13.1 Å². The number of carboxylic acid groups (broad SMARTS) is 1. The fraction of sp³-hybridized carbons (Fsp3) is 0.500. The molecular weight excluding hydrogens is 198 g/mol. The van der Waals surface area contributed by atoms with E-state index in [1.807, 2.05) is 0 Å². The van der Waals surface area contributed by atoms with Gasteiger partial charge in [0.25, 0.3) is 0 Å². The first-order chi connectivity index (χ1) is 7.09. The zero-order valence-corrected chi connectivity index (χ0v) is 8.57. The van der Waals surface area contributed by atoms with E-state index in [1.54, 1.807) is 0 Å². The number of carbonyl (C=O) groups is 1. The summed E-state index contributed by atoms with van der Waals surface area (Å²) < 4.78 is 10.1. The van der Waals surface area contributed by atoms with Crippen molar-refractivity contribution >= 4 is 5.97 Å². The minimum Gasteiger partial charge on any atom is -0.475 e. The maximum atomic E-state index is 10.4. The third kappa shape index (κ3) is 4.14. The molecule has 1 N–H and O–H groups in total. The molecule has 15 heavy (non-hydrogen) atoms.